The first kappa shape index (κ1) is 33.0. The minimum atomic E-state index is -1.77. The molecule has 3 rings (SSSR count). The van der Waals surface area contributed by atoms with Crippen molar-refractivity contribution >= 4 is 40.2 Å². The number of fused-ring (bicyclic) bond motifs is 1. The van der Waals surface area contributed by atoms with Gasteiger partial charge in [-0.05, 0) is 72.6 Å². The highest BCUT2D eigenvalue weighted by Gasteiger charge is 2.36. The lowest BCUT2D eigenvalue weighted by Gasteiger charge is -2.23. The number of unbranched alkanes of at least 4 members (excludes halogenated alkanes) is 4. The van der Waals surface area contributed by atoms with E-state index in [0.717, 1.165) is 31.2 Å². The second-order valence-corrected chi connectivity index (χ2v) is 10.5. The van der Waals surface area contributed by atoms with E-state index in [4.69, 9.17) is 26.2 Å². The molecule has 1 amide bonds. The van der Waals surface area contributed by atoms with Gasteiger partial charge >= 0.3 is 11.9 Å². The molecule has 3 aromatic carbocycles. The normalized spacial score (nSPS) is 12.6. The summed E-state index contributed by atoms with van der Waals surface area (Å²) in [5.41, 5.74) is 2.05. The van der Waals surface area contributed by atoms with Gasteiger partial charge in [0.05, 0.1) is 5.02 Å². The fourth-order valence-electron chi connectivity index (χ4n) is 4.60. The molecule has 0 fully saturated rings. The Morgan fingerprint density at radius 2 is 1.45 bits per heavy atom. The Kier molecular flexibility index (Phi) is 13.7. The summed E-state index contributed by atoms with van der Waals surface area (Å²) in [6.07, 6.45) is 2.63. The molecule has 0 aliphatic rings. The molecule has 8 nitrogen and oxygen atoms in total. The van der Waals surface area contributed by atoms with Crippen molar-refractivity contribution in [2.45, 2.75) is 63.6 Å². The Labute approximate surface area is 249 Å². The number of aliphatic carboxylic acids is 2. The lowest BCUT2D eigenvalue weighted by Crippen LogP contribution is -2.49. The second-order valence-electron chi connectivity index (χ2n) is 10.1. The van der Waals surface area contributed by atoms with E-state index in [-0.39, 0.29) is 11.6 Å². The number of halogens is 2. The van der Waals surface area contributed by atoms with Crippen LogP contribution in [0.15, 0.2) is 60.7 Å². The number of hydrogen-bond donors (Lipinski definition) is 3. The number of carbonyl (C=O) groups excluding carboxylic acids is 1. The number of hydrogen-bond acceptors (Lipinski definition) is 5. The molecule has 0 aliphatic carbocycles. The monoisotopic (exact) mass is 601 g/mol. The maximum absolute atomic E-state index is 13.6. The number of carboxylic acid groups (broad SMARTS) is 2. The van der Waals surface area contributed by atoms with E-state index in [1.807, 2.05) is 12.1 Å². The van der Waals surface area contributed by atoms with Crippen molar-refractivity contribution in [3.63, 3.8) is 0 Å². The van der Waals surface area contributed by atoms with Crippen molar-refractivity contribution in [1.82, 2.24) is 5.32 Å². The zero-order valence-electron chi connectivity index (χ0n) is 23.4. The first-order chi connectivity index (χ1) is 20.2. The van der Waals surface area contributed by atoms with Crippen LogP contribution >= 0.6 is 11.6 Å². The van der Waals surface area contributed by atoms with Crippen LogP contribution in [0.25, 0.3) is 10.8 Å². The molecule has 2 unspecified atom stereocenters. The smallest absolute Gasteiger partial charge is 0.336 e. The predicted molar refractivity (Wildman–Crippen MR) is 158 cm³/mol. The van der Waals surface area contributed by atoms with Gasteiger partial charge in [-0.3, -0.25) is 4.79 Å². The van der Waals surface area contributed by atoms with Gasteiger partial charge in [-0.25, -0.2) is 14.0 Å². The van der Waals surface area contributed by atoms with Crippen molar-refractivity contribution in [3.8, 4) is 0 Å². The van der Waals surface area contributed by atoms with Crippen LogP contribution in [0.5, 0.6) is 0 Å². The van der Waals surface area contributed by atoms with Gasteiger partial charge in [0.2, 0.25) is 0 Å². The van der Waals surface area contributed by atoms with Crippen molar-refractivity contribution in [3.05, 3.63) is 82.6 Å². The molecule has 0 aromatic heterocycles. The highest BCUT2D eigenvalue weighted by Crippen LogP contribution is 2.18. The van der Waals surface area contributed by atoms with Crippen LogP contribution in [-0.4, -0.2) is 60.0 Å². The molecule has 0 aliphatic heterocycles. The molecular weight excluding hydrogens is 565 g/mol. The molecule has 0 bridgehead atoms. The number of ether oxygens (including phenoxy) is 2. The van der Waals surface area contributed by atoms with Gasteiger partial charge in [0.25, 0.3) is 5.91 Å². The number of nitrogens with one attached hydrogen (secondary N) is 1. The van der Waals surface area contributed by atoms with Crippen molar-refractivity contribution in [2.24, 2.45) is 0 Å². The molecule has 226 valence electrons. The summed E-state index contributed by atoms with van der Waals surface area (Å²) in [4.78, 5) is 35.7. The maximum Gasteiger partial charge on any atom is 0.336 e. The summed E-state index contributed by atoms with van der Waals surface area (Å²) in [5.74, 6) is -3.99. The van der Waals surface area contributed by atoms with E-state index < -0.39 is 42.5 Å². The molecule has 0 radical (unpaired) electrons. The Hall–Kier alpha value is -3.53. The number of benzene rings is 3. The minimum absolute atomic E-state index is 0.0654. The number of rotatable bonds is 19. The van der Waals surface area contributed by atoms with Crippen LogP contribution in [0.3, 0.4) is 0 Å². The molecule has 0 spiro atoms. The van der Waals surface area contributed by atoms with E-state index in [9.17, 15) is 23.9 Å². The standard InChI is InChI=1S/C32H37ClFNO7/c33-26-16-14-23(20-27(26)34)10-4-2-8-18-41-29(30(32(39)40)42-21-28(36)37)31(38)35-17-7-1-3-9-22-13-15-24-11-5-6-12-25(24)19-22/h5-6,11-16,19-20,29-30H,1-4,7-10,17-18,21H2,(H,35,38)(H,36,37)(H,39,40). The summed E-state index contributed by atoms with van der Waals surface area (Å²) in [5, 5.41) is 23.7. The van der Waals surface area contributed by atoms with Crippen LogP contribution in [0, 0.1) is 5.82 Å². The summed E-state index contributed by atoms with van der Waals surface area (Å²) in [7, 11) is 0. The molecule has 10 heteroatoms. The minimum Gasteiger partial charge on any atom is -0.480 e. The summed E-state index contributed by atoms with van der Waals surface area (Å²) in [6, 6.07) is 19.2. The van der Waals surface area contributed by atoms with Gasteiger partial charge in [-0.1, -0.05) is 73.0 Å². The van der Waals surface area contributed by atoms with E-state index in [1.54, 1.807) is 6.07 Å². The van der Waals surface area contributed by atoms with E-state index in [0.29, 0.717) is 32.2 Å². The number of carbonyl (C=O) groups is 3. The van der Waals surface area contributed by atoms with Gasteiger partial charge < -0.3 is 25.0 Å². The first-order valence-corrected chi connectivity index (χ1v) is 14.5. The molecule has 2 atom stereocenters. The number of aryl methyl sites for hydroxylation is 2. The molecule has 0 saturated heterocycles. The van der Waals surface area contributed by atoms with Crippen LogP contribution in [0.2, 0.25) is 5.02 Å². The van der Waals surface area contributed by atoms with Crippen LogP contribution in [-0.2, 0) is 36.7 Å². The third kappa shape index (κ3) is 11.0. The highest BCUT2D eigenvalue weighted by molar-refractivity contribution is 6.30. The van der Waals surface area contributed by atoms with E-state index in [2.05, 4.69) is 35.6 Å². The Bertz CT molecular complexity index is 1340. The molecular formula is C32H37ClFNO7. The number of amides is 1. The van der Waals surface area contributed by atoms with E-state index in [1.165, 1.54) is 28.5 Å². The molecule has 3 N–H and O–H groups in total. The zero-order valence-corrected chi connectivity index (χ0v) is 24.2. The predicted octanol–water partition coefficient (Wildman–Crippen LogP) is 5.81. The summed E-state index contributed by atoms with van der Waals surface area (Å²) < 4.78 is 24.2. The molecule has 0 saturated carbocycles. The van der Waals surface area contributed by atoms with Gasteiger partial charge in [-0.2, -0.15) is 0 Å². The van der Waals surface area contributed by atoms with E-state index >= 15 is 0 Å². The Balaban J connectivity index is 1.43. The quantitative estimate of drug-likeness (QED) is 0.148. The fraction of sp³-hybridized carbons (Fsp3) is 0.406. The maximum atomic E-state index is 13.6. The fourth-order valence-corrected chi connectivity index (χ4v) is 4.72. The third-order valence-electron chi connectivity index (χ3n) is 6.81. The average Bonchev–Trinajstić information content (AvgIpc) is 2.96. The average molecular weight is 602 g/mol. The van der Waals surface area contributed by atoms with Crippen LogP contribution < -0.4 is 5.32 Å². The van der Waals surface area contributed by atoms with Crippen molar-refractivity contribution in [1.29, 1.82) is 0 Å². The number of carboxylic acids is 2. The van der Waals surface area contributed by atoms with Gasteiger partial charge in [0.1, 0.15) is 12.4 Å². The van der Waals surface area contributed by atoms with Crippen molar-refractivity contribution < 1.29 is 38.5 Å². The lowest BCUT2D eigenvalue weighted by molar-refractivity contribution is -0.172. The van der Waals surface area contributed by atoms with Crippen LogP contribution in [0.1, 0.15) is 49.7 Å². The van der Waals surface area contributed by atoms with Gasteiger partial charge in [0, 0.05) is 13.2 Å². The molecule has 3 aromatic rings. The molecule has 0 heterocycles. The topological polar surface area (TPSA) is 122 Å². The molecule has 42 heavy (non-hydrogen) atoms. The lowest BCUT2D eigenvalue weighted by atomic mass is 10.0. The Morgan fingerprint density at radius 3 is 2.14 bits per heavy atom. The zero-order chi connectivity index (χ0) is 30.3. The first-order valence-electron chi connectivity index (χ1n) is 14.1. The van der Waals surface area contributed by atoms with Crippen LogP contribution in [0.4, 0.5) is 4.39 Å². The third-order valence-corrected chi connectivity index (χ3v) is 7.12. The highest BCUT2D eigenvalue weighted by atomic mass is 35.5. The van der Waals surface area contributed by atoms with Gasteiger partial charge in [-0.15, -0.1) is 0 Å². The Morgan fingerprint density at radius 1 is 0.786 bits per heavy atom. The SMILES string of the molecule is O=C(O)COC(C(=O)O)C(OCCCCCc1ccc(Cl)c(F)c1)C(=O)NCCCCCc1ccc2ccccc2c1. The summed E-state index contributed by atoms with van der Waals surface area (Å²) >= 11 is 5.71. The summed E-state index contributed by atoms with van der Waals surface area (Å²) in [6.45, 7) is -0.491. The van der Waals surface area contributed by atoms with Crippen molar-refractivity contribution in [2.75, 3.05) is 19.8 Å². The van der Waals surface area contributed by atoms with Gasteiger partial charge in [0.15, 0.2) is 12.2 Å². The largest absolute Gasteiger partial charge is 0.480 e. The second kappa shape index (κ2) is 17.4.